The van der Waals surface area contributed by atoms with E-state index in [2.05, 4.69) is 20.8 Å². The van der Waals surface area contributed by atoms with E-state index in [1.165, 1.54) is 10.7 Å². The fourth-order valence-electron chi connectivity index (χ4n) is 2.50. The summed E-state index contributed by atoms with van der Waals surface area (Å²) in [6.07, 6.45) is 2.34. The lowest BCUT2D eigenvalue weighted by Gasteiger charge is -2.18. The number of aryl methyl sites for hydroxylation is 1. The summed E-state index contributed by atoms with van der Waals surface area (Å²) < 4.78 is 1.17. The molecular weight excluding hydrogens is 336 g/mol. The smallest absolute Gasteiger partial charge is 0.267 e. The van der Waals surface area contributed by atoms with Crippen molar-refractivity contribution in [3.05, 3.63) is 80.7 Å². The number of nitrogens with one attached hydrogen (secondary N) is 1. The number of hydrogen-bond donors (Lipinski definition) is 1. The summed E-state index contributed by atoms with van der Waals surface area (Å²) >= 11 is 1.61. The van der Waals surface area contributed by atoms with Gasteiger partial charge in [-0.2, -0.15) is 16.4 Å². The predicted molar refractivity (Wildman–Crippen MR) is 96.4 cm³/mol. The van der Waals surface area contributed by atoms with Crippen molar-refractivity contribution in [2.75, 3.05) is 0 Å². The van der Waals surface area contributed by atoms with Gasteiger partial charge in [-0.1, -0.05) is 6.07 Å². The number of nitrogens with zero attached hydrogens (tertiary/aromatic N) is 3. The van der Waals surface area contributed by atoms with Crippen LogP contribution in [0.2, 0.25) is 0 Å². The van der Waals surface area contributed by atoms with Crippen molar-refractivity contribution < 1.29 is 4.79 Å². The average molecular weight is 354 g/mol. The summed E-state index contributed by atoms with van der Waals surface area (Å²) in [6.45, 7) is 1.66. The van der Waals surface area contributed by atoms with Gasteiger partial charge in [-0.25, -0.2) is 4.68 Å². The first-order chi connectivity index (χ1) is 12.1. The predicted octanol–water partition coefficient (Wildman–Crippen LogP) is 2.11. The molecule has 3 heterocycles. The number of hydrogen-bond acceptors (Lipinski definition) is 5. The first kappa shape index (κ1) is 17.0. The molecule has 6 nitrogen and oxygen atoms in total. The van der Waals surface area contributed by atoms with Gasteiger partial charge in [0.05, 0.1) is 17.4 Å². The second-order valence-electron chi connectivity index (χ2n) is 5.68. The fourth-order valence-corrected chi connectivity index (χ4v) is 3.18. The minimum atomic E-state index is -0.298. The van der Waals surface area contributed by atoms with Gasteiger partial charge in [-0.15, -0.1) is 0 Å². The summed E-state index contributed by atoms with van der Waals surface area (Å²) in [5.41, 5.74) is 2.30. The van der Waals surface area contributed by atoms with E-state index in [9.17, 15) is 9.59 Å². The summed E-state index contributed by atoms with van der Waals surface area (Å²) in [7, 11) is 0. The van der Waals surface area contributed by atoms with Crippen molar-refractivity contribution in [1.29, 1.82) is 0 Å². The Morgan fingerprint density at radius 3 is 2.88 bits per heavy atom. The molecule has 1 atom stereocenters. The molecule has 25 heavy (non-hydrogen) atoms. The minimum Gasteiger partial charge on any atom is -0.346 e. The largest absolute Gasteiger partial charge is 0.346 e. The van der Waals surface area contributed by atoms with Gasteiger partial charge < -0.3 is 5.32 Å². The molecule has 0 bridgehead atoms. The molecule has 0 aromatic carbocycles. The monoisotopic (exact) mass is 354 g/mol. The van der Waals surface area contributed by atoms with E-state index in [1.807, 2.05) is 29.6 Å². The van der Waals surface area contributed by atoms with Crippen LogP contribution < -0.4 is 10.9 Å². The van der Waals surface area contributed by atoms with Crippen LogP contribution in [0.3, 0.4) is 0 Å². The van der Waals surface area contributed by atoms with Crippen molar-refractivity contribution in [2.24, 2.45) is 0 Å². The lowest BCUT2D eigenvalue weighted by molar-refractivity contribution is -0.122. The third kappa shape index (κ3) is 4.60. The Balaban J connectivity index is 1.76. The Labute approximate surface area is 149 Å². The molecule has 7 heteroatoms. The average Bonchev–Trinajstić information content (AvgIpc) is 3.11. The van der Waals surface area contributed by atoms with Gasteiger partial charge in [0.1, 0.15) is 6.54 Å². The SMILES string of the molecule is Cc1ccc(=O)n(CC(=O)N[C@H](Cc2ccsc2)c2ccccn2)n1. The number of rotatable bonds is 6. The molecule has 0 unspecified atom stereocenters. The van der Waals surface area contributed by atoms with Crippen LogP contribution >= 0.6 is 11.3 Å². The van der Waals surface area contributed by atoms with Crippen LogP contribution in [-0.4, -0.2) is 20.7 Å². The molecule has 1 amide bonds. The Morgan fingerprint density at radius 1 is 1.28 bits per heavy atom. The highest BCUT2D eigenvalue weighted by Crippen LogP contribution is 2.18. The van der Waals surface area contributed by atoms with Gasteiger partial charge >= 0.3 is 0 Å². The molecule has 0 fully saturated rings. The van der Waals surface area contributed by atoms with E-state index in [0.29, 0.717) is 12.1 Å². The van der Waals surface area contributed by atoms with Gasteiger partial charge in [-0.3, -0.25) is 14.6 Å². The van der Waals surface area contributed by atoms with Crippen LogP contribution in [0, 0.1) is 6.92 Å². The zero-order chi connectivity index (χ0) is 17.6. The number of carbonyl (C=O) groups excluding carboxylic acids is 1. The molecule has 3 rings (SSSR count). The van der Waals surface area contributed by atoms with Crippen LogP contribution in [0.4, 0.5) is 0 Å². The molecule has 0 spiro atoms. The van der Waals surface area contributed by atoms with E-state index in [1.54, 1.807) is 30.5 Å². The summed E-state index contributed by atoms with van der Waals surface area (Å²) in [5, 5.41) is 11.1. The highest BCUT2D eigenvalue weighted by atomic mass is 32.1. The molecule has 0 aliphatic carbocycles. The molecule has 0 aliphatic heterocycles. The Morgan fingerprint density at radius 2 is 2.16 bits per heavy atom. The highest BCUT2D eigenvalue weighted by molar-refractivity contribution is 7.07. The van der Waals surface area contributed by atoms with E-state index < -0.39 is 0 Å². The molecule has 0 saturated heterocycles. The van der Waals surface area contributed by atoms with E-state index in [0.717, 1.165) is 11.3 Å². The molecule has 0 aliphatic rings. The molecule has 128 valence electrons. The van der Waals surface area contributed by atoms with Crippen molar-refractivity contribution in [3.8, 4) is 0 Å². The third-order valence-corrected chi connectivity index (χ3v) is 4.43. The summed E-state index contributed by atoms with van der Waals surface area (Å²) in [5.74, 6) is -0.272. The number of aromatic nitrogens is 3. The standard InChI is InChI=1S/C18H18N4O2S/c1-13-5-6-18(24)22(21-13)11-17(23)20-16(10-14-7-9-25-12-14)15-4-2-3-8-19-15/h2-9,12,16H,10-11H2,1H3,(H,20,23)/t16-/m1/s1. The van der Waals surface area contributed by atoms with Gasteiger partial charge in [0.25, 0.3) is 5.56 Å². The lowest BCUT2D eigenvalue weighted by Crippen LogP contribution is -2.36. The maximum Gasteiger partial charge on any atom is 0.267 e. The Bertz CT molecular complexity index is 891. The van der Waals surface area contributed by atoms with E-state index >= 15 is 0 Å². The van der Waals surface area contributed by atoms with E-state index in [-0.39, 0.29) is 24.1 Å². The summed E-state index contributed by atoms with van der Waals surface area (Å²) in [4.78, 5) is 28.6. The first-order valence-electron chi connectivity index (χ1n) is 7.88. The van der Waals surface area contributed by atoms with Crippen LogP contribution in [-0.2, 0) is 17.8 Å². The zero-order valence-electron chi connectivity index (χ0n) is 13.8. The number of thiophene rings is 1. The van der Waals surface area contributed by atoms with Crippen LogP contribution in [0.5, 0.6) is 0 Å². The molecule has 1 N–H and O–H groups in total. The number of carbonyl (C=O) groups is 1. The molecule has 0 saturated carbocycles. The Hall–Kier alpha value is -2.80. The van der Waals surface area contributed by atoms with E-state index in [4.69, 9.17) is 0 Å². The second kappa shape index (κ2) is 7.85. The number of pyridine rings is 1. The quantitative estimate of drug-likeness (QED) is 0.735. The lowest BCUT2D eigenvalue weighted by atomic mass is 10.1. The highest BCUT2D eigenvalue weighted by Gasteiger charge is 2.17. The minimum absolute atomic E-state index is 0.118. The normalized spacial score (nSPS) is 11.9. The van der Waals surface area contributed by atoms with Crippen LogP contribution in [0.25, 0.3) is 0 Å². The zero-order valence-corrected chi connectivity index (χ0v) is 14.6. The Kier molecular flexibility index (Phi) is 5.35. The van der Waals surface area contributed by atoms with Gasteiger partial charge in [-0.05, 0) is 53.9 Å². The molecule has 0 radical (unpaired) electrons. The third-order valence-electron chi connectivity index (χ3n) is 3.69. The molecule has 3 aromatic rings. The second-order valence-corrected chi connectivity index (χ2v) is 6.46. The maximum absolute atomic E-state index is 12.5. The van der Waals surface area contributed by atoms with Crippen LogP contribution in [0.15, 0.2) is 58.1 Å². The van der Waals surface area contributed by atoms with Crippen LogP contribution in [0.1, 0.15) is 23.0 Å². The molecule has 3 aromatic heterocycles. The first-order valence-corrected chi connectivity index (χ1v) is 8.82. The van der Waals surface area contributed by atoms with Crippen molar-refractivity contribution in [3.63, 3.8) is 0 Å². The molecular formula is C18H18N4O2S. The topological polar surface area (TPSA) is 76.9 Å². The van der Waals surface area contributed by atoms with Gasteiger partial charge in [0.2, 0.25) is 5.91 Å². The van der Waals surface area contributed by atoms with Gasteiger partial charge in [0, 0.05) is 12.3 Å². The van der Waals surface area contributed by atoms with Crippen molar-refractivity contribution >= 4 is 17.2 Å². The maximum atomic E-state index is 12.5. The number of amides is 1. The fraction of sp³-hybridized carbons (Fsp3) is 0.222. The van der Waals surface area contributed by atoms with Gasteiger partial charge in [0.15, 0.2) is 0 Å². The summed E-state index contributed by atoms with van der Waals surface area (Å²) in [6, 6.07) is 10.4. The van der Waals surface area contributed by atoms with Crippen molar-refractivity contribution in [2.45, 2.75) is 25.9 Å². The van der Waals surface area contributed by atoms with Crippen molar-refractivity contribution in [1.82, 2.24) is 20.1 Å².